The molecule has 4 heterocycles. The highest BCUT2D eigenvalue weighted by atomic mass is 16.2. The molecule has 0 fully saturated rings. The minimum absolute atomic E-state index is 0.107. The topological polar surface area (TPSA) is 93.6 Å². The molecule has 4 aromatic heterocycles. The molecular formula is C27H24N6O2. The number of pyridine rings is 2. The van der Waals surface area contributed by atoms with Crippen molar-refractivity contribution in [1.82, 2.24) is 24.4 Å². The summed E-state index contributed by atoms with van der Waals surface area (Å²) in [5, 5.41) is 4.21. The van der Waals surface area contributed by atoms with Crippen LogP contribution in [0.15, 0.2) is 72.2 Å². The van der Waals surface area contributed by atoms with Crippen LogP contribution in [0.25, 0.3) is 16.6 Å². The lowest BCUT2D eigenvalue weighted by atomic mass is 10.1. The molecule has 0 saturated carbocycles. The molecule has 0 saturated heterocycles. The van der Waals surface area contributed by atoms with Crippen molar-refractivity contribution in [1.29, 1.82) is 0 Å². The van der Waals surface area contributed by atoms with E-state index in [4.69, 9.17) is 0 Å². The maximum atomic E-state index is 13.2. The lowest BCUT2D eigenvalue weighted by Crippen LogP contribution is -2.17. The number of fused-ring (bicyclic) bond motifs is 2. The van der Waals surface area contributed by atoms with Gasteiger partial charge in [0.1, 0.15) is 5.82 Å². The third-order valence-corrected chi connectivity index (χ3v) is 6.17. The van der Waals surface area contributed by atoms with E-state index >= 15 is 0 Å². The summed E-state index contributed by atoms with van der Waals surface area (Å²) >= 11 is 0. The van der Waals surface area contributed by atoms with Crippen molar-refractivity contribution < 1.29 is 9.59 Å². The van der Waals surface area contributed by atoms with E-state index in [1.807, 2.05) is 48.7 Å². The van der Waals surface area contributed by atoms with E-state index < -0.39 is 0 Å². The Morgan fingerprint density at radius 1 is 1.03 bits per heavy atom. The van der Waals surface area contributed by atoms with Crippen LogP contribution < -0.4 is 5.43 Å². The predicted molar refractivity (Wildman–Crippen MR) is 135 cm³/mol. The highest BCUT2D eigenvalue weighted by molar-refractivity contribution is 6.12. The van der Waals surface area contributed by atoms with E-state index in [9.17, 15) is 9.59 Å². The van der Waals surface area contributed by atoms with Gasteiger partial charge in [0.15, 0.2) is 0 Å². The average molecular weight is 465 g/mol. The summed E-state index contributed by atoms with van der Waals surface area (Å²) in [6.45, 7) is 6.71. The number of rotatable bonds is 6. The first-order chi connectivity index (χ1) is 17.0. The molecule has 0 atom stereocenters. The molecule has 0 spiro atoms. The number of hydrazone groups is 1. The maximum Gasteiger partial charge on any atom is 0.271 e. The first-order valence-corrected chi connectivity index (χ1v) is 11.3. The Bertz CT molecular complexity index is 1610. The molecule has 5 aromatic rings. The molecule has 0 aliphatic carbocycles. The van der Waals surface area contributed by atoms with Crippen LogP contribution in [0.2, 0.25) is 0 Å². The van der Waals surface area contributed by atoms with Gasteiger partial charge in [0.25, 0.3) is 5.91 Å². The third-order valence-electron chi connectivity index (χ3n) is 6.17. The van der Waals surface area contributed by atoms with Gasteiger partial charge in [-0.05, 0) is 68.8 Å². The molecule has 0 unspecified atom stereocenters. The Kier molecular flexibility index (Phi) is 5.70. The second-order valence-electron chi connectivity index (χ2n) is 8.21. The summed E-state index contributed by atoms with van der Waals surface area (Å²) in [6, 6.07) is 14.5. The maximum absolute atomic E-state index is 13.2. The van der Waals surface area contributed by atoms with Crippen LogP contribution in [-0.4, -0.2) is 36.8 Å². The second-order valence-corrected chi connectivity index (χ2v) is 8.21. The van der Waals surface area contributed by atoms with E-state index in [-0.39, 0.29) is 11.7 Å². The molecule has 1 amide bonds. The summed E-state index contributed by atoms with van der Waals surface area (Å²) in [6.07, 6.45) is 6.63. The lowest BCUT2D eigenvalue weighted by molar-refractivity contribution is 0.0954. The Labute approximate surface area is 201 Å². The average Bonchev–Trinajstić information content (AvgIpc) is 3.35. The number of aromatic nitrogens is 4. The molecule has 5 rings (SSSR count). The molecule has 0 aliphatic rings. The normalized spacial score (nSPS) is 11.5. The molecule has 1 N–H and O–H groups in total. The first-order valence-electron chi connectivity index (χ1n) is 11.3. The van der Waals surface area contributed by atoms with E-state index in [1.54, 1.807) is 42.9 Å². The van der Waals surface area contributed by atoms with Crippen LogP contribution in [0.3, 0.4) is 0 Å². The monoisotopic (exact) mass is 464 g/mol. The molecule has 35 heavy (non-hydrogen) atoms. The van der Waals surface area contributed by atoms with Gasteiger partial charge in [-0.2, -0.15) is 5.10 Å². The Hall–Kier alpha value is -4.59. The summed E-state index contributed by atoms with van der Waals surface area (Å²) in [4.78, 5) is 34.6. The smallest absolute Gasteiger partial charge is 0.271 e. The van der Waals surface area contributed by atoms with Gasteiger partial charge in [-0.25, -0.2) is 10.4 Å². The number of ketones is 1. The van der Waals surface area contributed by atoms with E-state index in [0.29, 0.717) is 16.8 Å². The number of hydrogen-bond donors (Lipinski definition) is 1. The van der Waals surface area contributed by atoms with Gasteiger partial charge in [0.05, 0.1) is 28.5 Å². The fourth-order valence-corrected chi connectivity index (χ4v) is 4.45. The van der Waals surface area contributed by atoms with Gasteiger partial charge in [-0.15, -0.1) is 0 Å². The minimum Gasteiger partial charge on any atom is -0.329 e. The Morgan fingerprint density at radius 2 is 1.83 bits per heavy atom. The minimum atomic E-state index is -0.332. The van der Waals surface area contributed by atoms with Crippen LogP contribution in [0, 0.1) is 13.8 Å². The molecule has 8 nitrogen and oxygen atoms in total. The fourth-order valence-electron chi connectivity index (χ4n) is 4.45. The number of hydrogen-bond acceptors (Lipinski definition) is 5. The number of carbonyl (C=O) groups excluding carboxylic acids is 2. The van der Waals surface area contributed by atoms with Gasteiger partial charge in [0.2, 0.25) is 5.78 Å². The number of nitrogens with one attached hydrogen (secondary N) is 1. The molecule has 174 valence electrons. The van der Waals surface area contributed by atoms with Gasteiger partial charge < -0.3 is 8.97 Å². The number of aryl methyl sites for hydroxylation is 2. The standard InChI is InChI=1S/C27H24N6O2/c1-4-32-18(3)30-22-15-20(8-9-24(22)32)27(35)31-29-16-21-17(2)25(33-14-6-5-7-23(21)33)26(34)19-10-12-28-13-11-19/h5-16H,4H2,1-3H3,(H,31,35)/b29-16-. The van der Waals surface area contributed by atoms with E-state index in [0.717, 1.165) is 40.0 Å². The lowest BCUT2D eigenvalue weighted by Gasteiger charge is -2.03. The van der Waals surface area contributed by atoms with E-state index in [2.05, 4.69) is 32.0 Å². The van der Waals surface area contributed by atoms with Crippen LogP contribution in [0.5, 0.6) is 0 Å². The van der Waals surface area contributed by atoms with Crippen LogP contribution in [0.4, 0.5) is 0 Å². The van der Waals surface area contributed by atoms with Crippen molar-refractivity contribution in [3.63, 3.8) is 0 Å². The quantitative estimate of drug-likeness (QED) is 0.230. The van der Waals surface area contributed by atoms with Crippen molar-refractivity contribution >= 4 is 34.5 Å². The van der Waals surface area contributed by atoms with Crippen LogP contribution in [0.1, 0.15) is 50.3 Å². The molecule has 1 aromatic carbocycles. The molecule has 8 heteroatoms. The summed E-state index contributed by atoms with van der Waals surface area (Å²) in [7, 11) is 0. The van der Waals surface area contributed by atoms with Crippen molar-refractivity contribution in [2.75, 3.05) is 0 Å². The first kappa shape index (κ1) is 22.2. The highest BCUT2D eigenvalue weighted by Crippen LogP contribution is 2.24. The van der Waals surface area contributed by atoms with Gasteiger partial charge in [-0.3, -0.25) is 14.6 Å². The highest BCUT2D eigenvalue weighted by Gasteiger charge is 2.21. The predicted octanol–water partition coefficient (Wildman–Crippen LogP) is 4.32. The second kappa shape index (κ2) is 8.98. The summed E-state index contributed by atoms with van der Waals surface area (Å²) in [5.74, 6) is 0.470. The largest absolute Gasteiger partial charge is 0.329 e. The number of imidazole rings is 1. The Morgan fingerprint density at radius 3 is 2.60 bits per heavy atom. The zero-order valence-electron chi connectivity index (χ0n) is 19.7. The van der Waals surface area contributed by atoms with Crippen molar-refractivity contribution in [2.24, 2.45) is 5.10 Å². The molecule has 0 radical (unpaired) electrons. The van der Waals surface area contributed by atoms with Gasteiger partial charge >= 0.3 is 0 Å². The number of amides is 1. The molecule has 0 aliphatic heterocycles. The number of benzene rings is 1. The van der Waals surface area contributed by atoms with E-state index in [1.165, 1.54) is 0 Å². The number of nitrogens with zero attached hydrogens (tertiary/aromatic N) is 5. The Balaban J connectivity index is 1.44. The van der Waals surface area contributed by atoms with Crippen molar-refractivity contribution in [3.8, 4) is 0 Å². The van der Waals surface area contributed by atoms with Crippen molar-refractivity contribution in [2.45, 2.75) is 27.3 Å². The zero-order chi connectivity index (χ0) is 24.5. The third kappa shape index (κ3) is 3.89. The van der Waals surface area contributed by atoms with Gasteiger partial charge in [-0.1, -0.05) is 6.07 Å². The fraction of sp³-hybridized carbons (Fsp3) is 0.148. The zero-order valence-corrected chi connectivity index (χ0v) is 19.7. The molecular weight excluding hydrogens is 440 g/mol. The van der Waals surface area contributed by atoms with Crippen LogP contribution in [-0.2, 0) is 6.54 Å². The number of carbonyl (C=O) groups is 2. The van der Waals surface area contributed by atoms with Crippen LogP contribution >= 0.6 is 0 Å². The summed E-state index contributed by atoms with van der Waals surface area (Å²) < 4.78 is 3.95. The summed E-state index contributed by atoms with van der Waals surface area (Å²) in [5.41, 5.74) is 8.30. The molecule has 0 bridgehead atoms. The van der Waals surface area contributed by atoms with Crippen molar-refractivity contribution in [3.05, 3.63) is 101 Å². The van der Waals surface area contributed by atoms with Gasteiger partial charge in [0, 0.05) is 41.8 Å². The SMILES string of the molecule is CCn1c(C)nc2cc(C(=O)N/N=C\c3c(C)c(C(=O)c4ccncc4)n4ccccc34)ccc21.